The van der Waals surface area contributed by atoms with Gasteiger partial charge in [-0.2, -0.15) is 0 Å². The lowest BCUT2D eigenvalue weighted by Gasteiger charge is -2.11. The maximum absolute atomic E-state index is 13.5. The van der Waals surface area contributed by atoms with Crippen LogP contribution in [-0.2, 0) is 16.1 Å². The second kappa shape index (κ2) is 8.93. The average Bonchev–Trinajstić information content (AvgIpc) is 2.66. The third-order valence-electron chi connectivity index (χ3n) is 3.57. The predicted molar refractivity (Wildman–Crippen MR) is 91.0 cm³/mol. The summed E-state index contributed by atoms with van der Waals surface area (Å²) in [7, 11) is 2.97. The molecule has 2 aromatic rings. The fourth-order valence-electron chi connectivity index (χ4n) is 2.22. The van der Waals surface area contributed by atoms with Gasteiger partial charge in [-0.05, 0) is 29.8 Å². The highest BCUT2D eigenvalue weighted by Gasteiger charge is 2.17. The van der Waals surface area contributed by atoms with Gasteiger partial charge < -0.3 is 20.1 Å². The highest BCUT2D eigenvalue weighted by molar-refractivity contribution is 6.03. The summed E-state index contributed by atoms with van der Waals surface area (Å²) in [6.45, 7) is 0.117. The molecule has 0 aliphatic rings. The van der Waals surface area contributed by atoms with E-state index in [0.29, 0.717) is 23.1 Å². The topological polar surface area (TPSA) is 76.7 Å². The van der Waals surface area contributed by atoms with Crippen LogP contribution in [0.3, 0.4) is 0 Å². The summed E-state index contributed by atoms with van der Waals surface area (Å²) in [6, 6.07) is 6.57. The third kappa shape index (κ3) is 5.13. The zero-order chi connectivity index (χ0) is 20.0. The second-order valence-corrected chi connectivity index (χ2v) is 5.41. The lowest BCUT2D eigenvalue weighted by atomic mass is 10.2. The number of carbonyl (C=O) groups is 2. The van der Waals surface area contributed by atoms with Crippen molar-refractivity contribution in [2.24, 2.45) is 0 Å². The molecule has 2 aromatic carbocycles. The van der Waals surface area contributed by atoms with E-state index in [-0.39, 0.29) is 6.54 Å². The number of halogens is 3. The van der Waals surface area contributed by atoms with Crippen molar-refractivity contribution in [3.63, 3.8) is 0 Å². The minimum absolute atomic E-state index is 0.117. The number of benzene rings is 2. The van der Waals surface area contributed by atoms with Crippen LogP contribution in [0.1, 0.15) is 12.0 Å². The van der Waals surface area contributed by atoms with Crippen LogP contribution in [0, 0.1) is 17.5 Å². The van der Waals surface area contributed by atoms with E-state index < -0.39 is 41.4 Å². The molecule has 2 amide bonds. The molecule has 0 unspecified atom stereocenters. The standard InChI is InChI=1S/C18H17F3N2O4/c1-26-13-6-3-10(7-14(13)27-2)9-22-15(24)8-16(25)23-12-5-4-11(19)17(20)18(12)21/h3-7H,8-9H2,1-2H3,(H,22,24)(H,23,25). The summed E-state index contributed by atoms with van der Waals surface area (Å²) < 4.78 is 49.8. The van der Waals surface area contributed by atoms with Crippen LogP contribution in [-0.4, -0.2) is 26.0 Å². The zero-order valence-electron chi connectivity index (χ0n) is 14.6. The number of hydrogen-bond acceptors (Lipinski definition) is 4. The molecule has 0 fully saturated rings. The molecular weight excluding hydrogens is 365 g/mol. The first-order valence-corrected chi connectivity index (χ1v) is 7.76. The molecule has 0 spiro atoms. The molecule has 0 heterocycles. The normalized spacial score (nSPS) is 10.3. The molecule has 0 aromatic heterocycles. The van der Waals surface area contributed by atoms with Gasteiger partial charge in [0.1, 0.15) is 6.42 Å². The van der Waals surface area contributed by atoms with Gasteiger partial charge in [-0.25, -0.2) is 13.2 Å². The Hall–Kier alpha value is -3.23. The van der Waals surface area contributed by atoms with Gasteiger partial charge in [0.05, 0.1) is 19.9 Å². The first-order valence-electron chi connectivity index (χ1n) is 7.76. The molecule has 0 bridgehead atoms. The number of ether oxygens (including phenoxy) is 2. The monoisotopic (exact) mass is 382 g/mol. The van der Waals surface area contributed by atoms with Gasteiger partial charge in [0.15, 0.2) is 29.0 Å². The minimum atomic E-state index is -1.70. The highest BCUT2D eigenvalue weighted by Crippen LogP contribution is 2.27. The summed E-state index contributed by atoms with van der Waals surface area (Å²) in [5.41, 5.74) is 0.152. The Kier molecular flexibility index (Phi) is 6.64. The van der Waals surface area contributed by atoms with Crippen LogP contribution in [0.4, 0.5) is 18.9 Å². The SMILES string of the molecule is COc1ccc(CNC(=O)CC(=O)Nc2ccc(F)c(F)c2F)cc1OC. The number of carbonyl (C=O) groups excluding carboxylic acids is 2. The number of hydrogen-bond donors (Lipinski definition) is 2. The van der Waals surface area contributed by atoms with Crippen molar-refractivity contribution < 1.29 is 32.2 Å². The molecular formula is C18H17F3N2O4. The van der Waals surface area contributed by atoms with Gasteiger partial charge in [-0.15, -0.1) is 0 Å². The van der Waals surface area contributed by atoms with Crippen molar-refractivity contribution in [2.75, 3.05) is 19.5 Å². The largest absolute Gasteiger partial charge is 0.493 e. The molecule has 27 heavy (non-hydrogen) atoms. The Bertz CT molecular complexity index is 859. The van der Waals surface area contributed by atoms with Crippen molar-refractivity contribution in [1.82, 2.24) is 5.32 Å². The zero-order valence-corrected chi connectivity index (χ0v) is 14.6. The smallest absolute Gasteiger partial charge is 0.233 e. The summed E-state index contributed by atoms with van der Waals surface area (Å²) in [5, 5.41) is 4.54. The summed E-state index contributed by atoms with van der Waals surface area (Å²) in [6.07, 6.45) is -0.619. The van der Waals surface area contributed by atoms with E-state index in [4.69, 9.17) is 9.47 Å². The fraction of sp³-hybridized carbons (Fsp3) is 0.222. The highest BCUT2D eigenvalue weighted by atomic mass is 19.2. The van der Waals surface area contributed by atoms with Crippen LogP contribution in [0.2, 0.25) is 0 Å². The van der Waals surface area contributed by atoms with E-state index in [1.54, 1.807) is 18.2 Å². The van der Waals surface area contributed by atoms with E-state index in [1.165, 1.54) is 14.2 Å². The Morgan fingerprint density at radius 1 is 0.926 bits per heavy atom. The Labute approximate surface area is 153 Å². The maximum Gasteiger partial charge on any atom is 0.233 e. The number of methoxy groups -OCH3 is 2. The molecule has 0 radical (unpaired) electrons. The van der Waals surface area contributed by atoms with E-state index in [0.717, 1.165) is 6.07 Å². The number of amides is 2. The van der Waals surface area contributed by atoms with Crippen molar-refractivity contribution in [2.45, 2.75) is 13.0 Å². The van der Waals surface area contributed by atoms with Gasteiger partial charge in [0, 0.05) is 6.54 Å². The van der Waals surface area contributed by atoms with Gasteiger partial charge in [0.25, 0.3) is 0 Å². The Morgan fingerprint density at radius 3 is 2.30 bits per heavy atom. The predicted octanol–water partition coefficient (Wildman–Crippen LogP) is 2.77. The van der Waals surface area contributed by atoms with Crippen LogP contribution in [0.5, 0.6) is 11.5 Å². The maximum atomic E-state index is 13.5. The number of nitrogens with one attached hydrogen (secondary N) is 2. The minimum Gasteiger partial charge on any atom is -0.493 e. The van der Waals surface area contributed by atoms with Crippen molar-refractivity contribution in [3.05, 3.63) is 53.3 Å². The van der Waals surface area contributed by atoms with Gasteiger partial charge in [-0.3, -0.25) is 9.59 Å². The molecule has 0 aliphatic heterocycles. The second-order valence-electron chi connectivity index (χ2n) is 5.41. The fourth-order valence-corrected chi connectivity index (χ4v) is 2.22. The molecule has 0 saturated carbocycles. The van der Waals surface area contributed by atoms with Crippen molar-refractivity contribution in [1.29, 1.82) is 0 Å². The lowest BCUT2D eigenvalue weighted by Crippen LogP contribution is -2.28. The summed E-state index contributed by atoms with van der Waals surface area (Å²) in [4.78, 5) is 23.6. The van der Waals surface area contributed by atoms with E-state index in [2.05, 4.69) is 5.32 Å². The molecule has 9 heteroatoms. The van der Waals surface area contributed by atoms with Crippen LogP contribution >= 0.6 is 0 Å². The van der Waals surface area contributed by atoms with Crippen LogP contribution < -0.4 is 20.1 Å². The number of rotatable bonds is 7. The van der Waals surface area contributed by atoms with E-state index >= 15 is 0 Å². The average molecular weight is 382 g/mol. The lowest BCUT2D eigenvalue weighted by molar-refractivity contribution is -0.126. The molecule has 0 saturated heterocycles. The molecule has 6 nitrogen and oxygen atoms in total. The molecule has 0 aliphatic carbocycles. The van der Waals surface area contributed by atoms with Gasteiger partial charge >= 0.3 is 0 Å². The van der Waals surface area contributed by atoms with Crippen molar-refractivity contribution >= 4 is 17.5 Å². The first kappa shape index (κ1) is 20.1. The first-order chi connectivity index (χ1) is 12.8. The van der Waals surface area contributed by atoms with Crippen LogP contribution in [0.15, 0.2) is 30.3 Å². The Balaban J connectivity index is 1.90. The van der Waals surface area contributed by atoms with E-state index in [9.17, 15) is 22.8 Å². The number of anilines is 1. The van der Waals surface area contributed by atoms with Gasteiger partial charge in [-0.1, -0.05) is 6.07 Å². The molecule has 0 atom stereocenters. The van der Waals surface area contributed by atoms with Gasteiger partial charge in [0.2, 0.25) is 11.8 Å². The summed E-state index contributed by atoms with van der Waals surface area (Å²) in [5.74, 6) is -5.11. The van der Waals surface area contributed by atoms with Crippen LogP contribution in [0.25, 0.3) is 0 Å². The quantitative estimate of drug-likeness (QED) is 0.570. The molecule has 2 rings (SSSR count). The van der Waals surface area contributed by atoms with E-state index in [1.807, 2.05) is 5.32 Å². The Morgan fingerprint density at radius 2 is 1.63 bits per heavy atom. The summed E-state index contributed by atoms with van der Waals surface area (Å²) >= 11 is 0. The van der Waals surface area contributed by atoms with Crippen molar-refractivity contribution in [3.8, 4) is 11.5 Å². The molecule has 144 valence electrons. The third-order valence-corrected chi connectivity index (χ3v) is 3.57. The molecule has 2 N–H and O–H groups in total.